The summed E-state index contributed by atoms with van der Waals surface area (Å²) in [6.07, 6.45) is 6.86. The molecule has 0 radical (unpaired) electrons. The minimum atomic E-state index is -1.02. The maximum atomic E-state index is 13.7. The standard InChI is InChI=1S/C33H66N6O6/c1-7-12-17-34(6)22-28(40)25-37-31(43)38(26-29(41)23-35(18-13-8-2)19-14-9-3)33(45)39(32(37)44)27-30(42)24-36(20-15-10-4)21-16-11-5/h28-30,40-42H,7-27H2,1-6H3. The molecule has 12 nitrogen and oxygen atoms in total. The van der Waals surface area contributed by atoms with Gasteiger partial charge in [0.25, 0.3) is 0 Å². The number of hydrogen-bond acceptors (Lipinski definition) is 9. The molecule has 0 bridgehead atoms. The highest BCUT2D eigenvalue weighted by Gasteiger charge is 2.23. The lowest BCUT2D eigenvalue weighted by atomic mass is 10.2. The molecule has 12 heteroatoms. The number of rotatable bonds is 27. The van der Waals surface area contributed by atoms with E-state index in [0.717, 1.165) is 111 Å². The minimum Gasteiger partial charge on any atom is -0.390 e. The van der Waals surface area contributed by atoms with Crippen molar-refractivity contribution in [2.24, 2.45) is 0 Å². The molecule has 1 rings (SSSR count). The van der Waals surface area contributed by atoms with Crippen LogP contribution < -0.4 is 17.1 Å². The zero-order valence-corrected chi connectivity index (χ0v) is 29.3. The number of aliphatic hydroxyl groups is 3. The van der Waals surface area contributed by atoms with E-state index >= 15 is 0 Å². The van der Waals surface area contributed by atoms with Gasteiger partial charge in [0.1, 0.15) is 0 Å². The third-order valence-electron chi connectivity index (χ3n) is 8.23. The topological polar surface area (TPSA) is 136 Å². The second-order valence-electron chi connectivity index (χ2n) is 12.8. The SMILES string of the molecule is CCCCN(C)CC(O)Cn1c(=O)n(CC(O)CN(CCCC)CCCC)c(=O)n(CC(O)CN(CCCC)CCCC)c1=O. The van der Waals surface area contributed by atoms with E-state index in [9.17, 15) is 29.7 Å². The van der Waals surface area contributed by atoms with Gasteiger partial charge < -0.3 is 30.0 Å². The summed E-state index contributed by atoms with van der Waals surface area (Å²) in [6, 6.07) is 0. The first kappa shape index (κ1) is 41.2. The van der Waals surface area contributed by atoms with Gasteiger partial charge in [-0.05, 0) is 71.9 Å². The highest BCUT2D eigenvalue weighted by molar-refractivity contribution is 4.84. The molecule has 3 atom stereocenters. The van der Waals surface area contributed by atoms with Gasteiger partial charge in [0.15, 0.2) is 0 Å². The summed E-state index contributed by atoms with van der Waals surface area (Å²) in [4.78, 5) is 47.1. The van der Waals surface area contributed by atoms with Crippen LogP contribution in [-0.2, 0) is 19.6 Å². The number of nitrogens with zero attached hydrogens (tertiary/aromatic N) is 6. The Balaban J connectivity index is 3.41. The monoisotopic (exact) mass is 643 g/mol. The van der Waals surface area contributed by atoms with Crippen molar-refractivity contribution in [1.29, 1.82) is 0 Å². The van der Waals surface area contributed by atoms with E-state index in [4.69, 9.17) is 0 Å². The molecule has 45 heavy (non-hydrogen) atoms. The number of likely N-dealkylation sites (N-methyl/N-ethyl adjacent to an activating group) is 1. The number of unbranched alkanes of at least 4 members (excludes halogenated alkanes) is 5. The fourth-order valence-electron chi connectivity index (χ4n) is 5.55. The molecule has 0 spiro atoms. The molecule has 0 aromatic carbocycles. The summed E-state index contributed by atoms with van der Waals surface area (Å²) in [5.74, 6) is 0. The van der Waals surface area contributed by atoms with Crippen LogP contribution in [0.3, 0.4) is 0 Å². The molecule has 0 saturated heterocycles. The summed E-state index contributed by atoms with van der Waals surface area (Å²) in [5, 5.41) is 33.0. The highest BCUT2D eigenvalue weighted by atomic mass is 16.3. The Kier molecular flexibility index (Phi) is 21.5. The summed E-state index contributed by atoms with van der Waals surface area (Å²) >= 11 is 0. The predicted molar refractivity (Wildman–Crippen MR) is 182 cm³/mol. The van der Waals surface area contributed by atoms with Crippen LogP contribution in [0.4, 0.5) is 0 Å². The fourth-order valence-corrected chi connectivity index (χ4v) is 5.55. The third-order valence-corrected chi connectivity index (χ3v) is 8.23. The van der Waals surface area contributed by atoms with Crippen LogP contribution >= 0.6 is 0 Å². The molecule has 0 saturated carbocycles. The summed E-state index contributed by atoms with van der Waals surface area (Å²) in [5.41, 5.74) is -2.56. The molecule has 3 N–H and O–H groups in total. The lowest BCUT2D eigenvalue weighted by Crippen LogP contribution is -2.58. The van der Waals surface area contributed by atoms with E-state index < -0.39 is 35.4 Å². The largest absolute Gasteiger partial charge is 0.390 e. The first-order valence-corrected chi connectivity index (χ1v) is 17.6. The second kappa shape index (κ2) is 23.5. The molecule has 0 aliphatic heterocycles. The molecular formula is C33H66N6O6. The van der Waals surface area contributed by atoms with Crippen molar-refractivity contribution in [1.82, 2.24) is 28.4 Å². The third kappa shape index (κ3) is 15.5. The Morgan fingerprint density at radius 2 is 0.756 bits per heavy atom. The molecule has 0 amide bonds. The van der Waals surface area contributed by atoms with Gasteiger partial charge in [0, 0.05) is 19.6 Å². The van der Waals surface area contributed by atoms with E-state index in [1.807, 2.05) is 11.9 Å². The Hall–Kier alpha value is -1.83. The highest BCUT2D eigenvalue weighted by Crippen LogP contribution is 2.04. The number of hydrogen-bond donors (Lipinski definition) is 3. The van der Waals surface area contributed by atoms with Crippen molar-refractivity contribution in [2.75, 3.05) is 59.4 Å². The molecule has 1 aromatic heterocycles. The van der Waals surface area contributed by atoms with Gasteiger partial charge in [-0.1, -0.05) is 66.7 Å². The molecule has 3 unspecified atom stereocenters. The van der Waals surface area contributed by atoms with Crippen LogP contribution in [0.2, 0.25) is 0 Å². The van der Waals surface area contributed by atoms with E-state index in [0.29, 0.717) is 13.1 Å². The molecule has 264 valence electrons. The van der Waals surface area contributed by atoms with Crippen molar-refractivity contribution >= 4 is 0 Å². The lowest BCUT2D eigenvalue weighted by molar-refractivity contribution is 0.0820. The van der Waals surface area contributed by atoms with Crippen LogP contribution in [-0.4, -0.2) is 121 Å². The van der Waals surface area contributed by atoms with E-state index in [1.54, 1.807) is 0 Å². The van der Waals surface area contributed by atoms with E-state index in [2.05, 4.69) is 44.4 Å². The first-order chi connectivity index (χ1) is 21.5. The fraction of sp³-hybridized carbons (Fsp3) is 0.909. The van der Waals surface area contributed by atoms with Crippen molar-refractivity contribution in [2.45, 2.75) is 137 Å². The van der Waals surface area contributed by atoms with Gasteiger partial charge in [0.2, 0.25) is 0 Å². The van der Waals surface area contributed by atoms with Gasteiger partial charge in [-0.3, -0.25) is 0 Å². The van der Waals surface area contributed by atoms with Crippen LogP contribution in [0, 0.1) is 0 Å². The zero-order chi connectivity index (χ0) is 33.8. The van der Waals surface area contributed by atoms with Crippen LogP contribution in [0.15, 0.2) is 14.4 Å². The maximum Gasteiger partial charge on any atom is 0.336 e. The van der Waals surface area contributed by atoms with Gasteiger partial charge in [0.05, 0.1) is 37.9 Å². The summed E-state index contributed by atoms with van der Waals surface area (Å²) in [6.45, 7) is 14.5. The molecule has 0 aliphatic rings. The van der Waals surface area contributed by atoms with Gasteiger partial charge in [-0.15, -0.1) is 0 Å². The molecule has 0 fully saturated rings. The Bertz CT molecular complexity index is 1000. The number of aromatic nitrogens is 3. The van der Waals surface area contributed by atoms with Gasteiger partial charge in [-0.25, -0.2) is 28.1 Å². The van der Waals surface area contributed by atoms with Crippen LogP contribution in [0.1, 0.15) is 98.8 Å². The van der Waals surface area contributed by atoms with E-state index in [1.165, 1.54) is 0 Å². The first-order valence-electron chi connectivity index (χ1n) is 17.6. The molecule has 1 aromatic rings. The van der Waals surface area contributed by atoms with Crippen LogP contribution in [0.25, 0.3) is 0 Å². The average Bonchev–Trinajstić information content (AvgIpc) is 3.01. The van der Waals surface area contributed by atoms with Crippen molar-refractivity contribution in [3.05, 3.63) is 31.5 Å². The van der Waals surface area contributed by atoms with E-state index in [-0.39, 0.29) is 26.2 Å². The molecular weight excluding hydrogens is 576 g/mol. The Morgan fingerprint density at radius 3 is 1.04 bits per heavy atom. The smallest absolute Gasteiger partial charge is 0.336 e. The Labute approximate surface area is 271 Å². The second-order valence-corrected chi connectivity index (χ2v) is 12.8. The zero-order valence-electron chi connectivity index (χ0n) is 29.3. The maximum absolute atomic E-state index is 13.7. The van der Waals surface area contributed by atoms with Gasteiger partial charge >= 0.3 is 17.1 Å². The lowest BCUT2D eigenvalue weighted by Gasteiger charge is -2.26. The average molecular weight is 643 g/mol. The molecule has 0 aliphatic carbocycles. The minimum absolute atomic E-state index is 0.254. The molecule has 1 heterocycles. The number of aliphatic hydroxyl groups excluding tert-OH is 3. The van der Waals surface area contributed by atoms with Crippen molar-refractivity contribution in [3.8, 4) is 0 Å². The van der Waals surface area contributed by atoms with Crippen molar-refractivity contribution in [3.63, 3.8) is 0 Å². The van der Waals surface area contributed by atoms with Gasteiger partial charge in [-0.2, -0.15) is 0 Å². The normalized spacial score (nSPS) is 14.1. The quantitative estimate of drug-likeness (QED) is 0.131. The predicted octanol–water partition coefficient (Wildman–Crippen LogP) is 1.79. The van der Waals surface area contributed by atoms with Crippen molar-refractivity contribution < 1.29 is 15.3 Å². The summed E-state index contributed by atoms with van der Waals surface area (Å²) < 4.78 is 2.68. The summed E-state index contributed by atoms with van der Waals surface area (Å²) in [7, 11) is 1.87. The Morgan fingerprint density at radius 1 is 0.489 bits per heavy atom. The van der Waals surface area contributed by atoms with Crippen LogP contribution in [0.5, 0.6) is 0 Å².